The van der Waals surface area contributed by atoms with Gasteiger partial charge in [-0.2, -0.15) is 0 Å². The minimum Gasteiger partial charge on any atom is -0.598 e. The maximum absolute atomic E-state index is 13.6. The summed E-state index contributed by atoms with van der Waals surface area (Å²) in [7, 11) is 1.49. The van der Waals surface area contributed by atoms with Crippen molar-refractivity contribution in [2.45, 2.75) is 31.7 Å². The number of halogens is 1. The van der Waals surface area contributed by atoms with Crippen LogP contribution in [0.5, 0.6) is 5.75 Å². The van der Waals surface area contributed by atoms with Crippen LogP contribution >= 0.6 is 0 Å². The Morgan fingerprint density at radius 3 is 2.56 bits per heavy atom. The van der Waals surface area contributed by atoms with Crippen LogP contribution in [0.4, 0.5) is 4.39 Å². The highest BCUT2D eigenvalue weighted by Gasteiger charge is 2.29. The van der Waals surface area contributed by atoms with Crippen LogP contribution in [0.1, 0.15) is 32.5 Å². The van der Waals surface area contributed by atoms with E-state index in [9.17, 15) is 8.94 Å². The maximum atomic E-state index is 13.6. The van der Waals surface area contributed by atoms with Gasteiger partial charge in [-0.25, -0.2) is 4.39 Å². The number of nitrogens with two attached hydrogens (primary N) is 1. The summed E-state index contributed by atoms with van der Waals surface area (Å²) in [6.45, 7) is 5.43. The maximum Gasteiger partial charge on any atom is 0.137 e. The molecule has 0 amide bonds. The van der Waals surface area contributed by atoms with Crippen molar-refractivity contribution in [2.24, 2.45) is 5.73 Å². The van der Waals surface area contributed by atoms with Gasteiger partial charge < -0.3 is 15.0 Å². The molecule has 0 aromatic heterocycles. The lowest BCUT2D eigenvalue weighted by molar-refractivity contribution is 0.411. The van der Waals surface area contributed by atoms with Crippen molar-refractivity contribution in [3.05, 3.63) is 29.6 Å². The van der Waals surface area contributed by atoms with E-state index in [0.717, 1.165) is 0 Å². The molecule has 1 aromatic rings. The molecule has 2 atom stereocenters. The zero-order valence-electron chi connectivity index (χ0n) is 11.0. The van der Waals surface area contributed by atoms with Gasteiger partial charge in [-0.1, -0.05) is 0 Å². The Morgan fingerprint density at radius 2 is 2.06 bits per heavy atom. The number of hydrogen-bond acceptors (Lipinski definition) is 4. The molecule has 0 spiro atoms. The minimum atomic E-state index is -1.37. The Bertz CT molecular complexity index is 410. The Hall–Kier alpha value is -0.820. The van der Waals surface area contributed by atoms with Crippen molar-refractivity contribution in [2.75, 3.05) is 7.11 Å². The number of nitrogens with one attached hydrogen (secondary N) is 1. The molecule has 1 rings (SSSR count). The third-order valence-corrected chi connectivity index (χ3v) is 3.91. The van der Waals surface area contributed by atoms with E-state index in [4.69, 9.17) is 10.5 Å². The van der Waals surface area contributed by atoms with Crippen molar-refractivity contribution in [3.8, 4) is 5.75 Å². The van der Waals surface area contributed by atoms with Crippen LogP contribution in [0, 0.1) is 5.82 Å². The fraction of sp³-hybridized carbons (Fsp3) is 0.500. The van der Waals surface area contributed by atoms with Crippen molar-refractivity contribution in [1.82, 2.24) is 4.72 Å². The molecule has 1 aromatic carbocycles. The predicted octanol–water partition coefficient (Wildman–Crippen LogP) is 1.84. The fourth-order valence-corrected chi connectivity index (χ4v) is 1.95. The summed E-state index contributed by atoms with van der Waals surface area (Å²) in [5, 5.41) is 0. The van der Waals surface area contributed by atoms with Crippen molar-refractivity contribution in [1.29, 1.82) is 0 Å². The Morgan fingerprint density at radius 1 is 1.44 bits per heavy atom. The van der Waals surface area contributed by atoms with Gasteiger partial charge in [0.1, 0.15) is 22.5 Å². The highest BCUT2D eigenvalue weighted by atomic mass is 32.2. The molecule has 0 bridgehead atoms. The van der Waals surface area contributed by atoms with Gasteiger partial charge in [0.15, 0.2) is 0 Å². The fourth-order valence-electron chi connectivity index (χ4n) is 1.24. The first-order valence-electron chi connectivity index (χ1n) is 5.52. The second-order valence-electron chi connectivity index (χ2n) is 4.86. The first kappa shape index (κ1) is 15.2. The van der Waals surface area contributed by atoms with Crippen LogP contribution < -0.4 is 15.2 Å². The van der Waals surface area contributed by atoms with Gasteiger partial charge in [-0.15, -0.1) is 4.72 Å². The molecular formula is C12H19FN2O2S. The molecule has 0 aliphatic carbocycles. The monoisotopic (exact) mass is 274 g/mol. The molecule has 0 unspecified atom stereocenters. The van der Waals surface area contributed by atoms with Crippen LogP contribution in [0.15, 0.2) is 18.2 Å². The average molecular weight is 274 g/mol. The molecule has 0 aliphatic rings. The molecular weight excluding hydrogens is 255 g/mol. The summed E-state index contributed by atoms with van der Waals surface area (Å²) in [6, 6.07) is 4.27. The second-order valence-corrected chi connectivity index (χ2v) is 6.86. The lowest BCUT2D eigenvalue weighted by Crippen LogP contribution is -2.44. The van der Waals surface area contributed by atoms with E-state index in [1.165, 1.54) is 25.3 Å². The van der Waals surface area contributed by atoms with Gasteiger partial charge in [0.25, 0.3) is 0 Å². The van der Waals surface area contributed by atoms with Crippen molar-refractivity contribution >= 4 is 11.4 Å². The lowest BCUT2D eigenvalue weighted by atomic mass is 10.1. The molecule has 3 N–H and O–H groups in total. The molecule has 102 valence electrons. The van der Waals surface area contributed by atoms with Crippen LogP contribution in [0.3, 0.4) is 0 Å². The summed E-state index contributed by atoms with van der Waals surface area (Å²) >= 11 is -1.37. The molecule has 0 aliphatic heterocycles. The largest absolute Gasteiger partial charge is 0.598 e. The third-order valence-electron chi connectivity index (χ3n) is 2.33. The minimum absolute atomic E-state index is 0.229. The molecule has 18 heavy (non-hydrogen) atoms. The summed E-state index contributed by atoms with van der Waals surface area (Å²) in [4.78, 5) is 0. The summed E-state index contributed by atoms with van der Waals surface area (Å²) < 4.78 is 32.7. The number of benzene rings is 1. The van der Waals surface area contributed by atoms with E-state index >= 15 is 0 Å². The number of rotatable bonds is 4. The quantitative estimate of drug-likeness (QED) is 0.649. The number of ether oxygens (including phenoxy) is 1. The normalized spacial score (nSPS) is 15.3. The molecule has 6 heteroatoms. The molecule has 0 heterocycles. The Labute approximate surface area is 110 Å². The van der Waals surface area contributed by atoms with E-state index < -0.39 is 28.1 Å². The number of hydrogen-bond donors (Lipinski definition) is 2. The van der Waals surface area contributed by atoms with Crippen molar-refractivity contribution < 1.29 is 13.7 Å². The lowest BCUT2D eigenvalue weighted by Gasteiger charge is -2.26. The van der Waals surface area contributed by atoms with Crippen LogP contribution in [0.2, 0.25) is 0 Å². The molecule has 0 saturated heterocycles. The van der Waals surface area contributed by atoms with Gasteiger partial charge in [0.2, 0.25) is 0 Å². The van der Waals surface area contributed by atoms with Gasteiger partial charge in [0.05, 0.1) is 7.11 Å². The smallest absolute Gasteiger partial charge is 0.137 e. The summed E-state index contributed by atoms with van der Waals surface area (Å²) in [6.07, 6.45) is -0.847. The van der Waals surface area contributed by atoms with E-state index in [1.807, 2.05) is 20.8 Å². The van der Waals surface area contributed by atoms with E-state index in [-0.39, 0.29) is 5.56 Å². The predicted molar refractivity (Wildman–Crippen MR) is 70.9 cm³/mol. The molecule has 0 fully saturated rings. The van der Waals surface area contributed by atoms with E-state index in [1.54, 1.807) is 0 Å². The average Bonchev–Trinajstić information content (AvgIpc) is 2.28. The highest BCUT2D eigenvalue weighted by molar-refractivity contribution is 7.90. The zero-order valence-corrected chi connectivity index (χ0v) is 11.8. The molecule has 4 nitrogen and oxygen atoms in total. The van der Waals surface area contributed by atoms with Gasteiger partial charge in [-0.3, -0.25) is 0 Å². The first-order chi connectivity index (χ1) is 8.25. The van der Waals surface area contributed by atoms with Gasteiger partial charge in [0, 0.05) is 16.9 Å². The van der Waals surface area contributed by atoms with Crippen LogP contribution in [-0.4, -0.2) is 16.4 Å². The second kappa shape index (κ2) is 5.88. The van der Waals surface area contributed by atoms with E-state index in [2.05, 4.69) is 4.72 Å². The SMILES string of the molecule is COc1ccc(F)c([C@H](N)N[S@+]([O-])C(C)(C)C)c1. The van der Waals surface area contributed by atoms with Crippen LogP contribution in [0.25, 0.3) is 0 Å². The Kier molecular flexibility index (Phi) is 4.98. The topological polar surface area (TPSA) is 70.3 Å². The summed E-state index contributed by atoms with van der Waals surface area (Å²) in [5.74, 6) is 0.0481. The molecule has 0 radical (unpaired) electrons. The Balaban J connectivity index is 2.87. The van der Waals surface area contributed by atoms with Crippen LogP contribution in [-0.2, 0) is 11.4 Å². The highest BCUT2D eigenvalue weighted by Crippen LogP contribution is 2.22. The summed E-state index contributed by atoms with van der Waals surface area (Å²) in [5.41, 5.74) is 6.05. The van der Waals surface area contributed by atoms with E-state index in [0.29, 0.717) is 5.75 Å². The van der Waals surface area contributed by atoms with Gasteiger partial charge in [-0.05, 0) is 39.0 Å². The third kappa shape index (κ3) is 3.84. The zero-order chi connectivity index (χ0) is 13.9. The van der Waals surface area contributed by atoms with Gasteiger partial charge >= 0.3 is 0 Å². The molecule has 0 saturated carbocycles. The van der Waals surface area contributed by atoms with Crippen molar-refractivity contribution in [3.63, 3.8) is 0 Å². The standard InChI is InChI=1S/C12H19FN2O2S/c1-12(2,3)18(16)15-11(14)9-7-8(17-4)5-6-10(9)13/h5-7,11,15H,14H2,1-4H3/t11-,18-/m1/s1. The number of methoxy groups -OCH3 is 1. The first-order valence-corrected chi connectivity index (χ1v) is 6.67.